The smallest absolute Gasteiger partial charge is 0.194 e. The first-order valence-corrected chi connectivity index (χ1v) is 12.0. The summed E-state index contributed by atoms with van der Waals surface area (Å²) in [5, 5.41) is 3.52. The molecular weight excluding hydrogens is 511 g/mol. The SMILES string of the molecule is CCNC(=NCC(C)CN1CCN(C)CC1)N1CCN(C/C=C/c2ccccc2)CC1.I. The molecule has 1 atom stereocenters. The predicted molar refractivity (Wildman–Crippen MR) is 148 cm³/mol. The van der Waals surface area contributed by atoms with Gasteiger partial charge in [0.15, 0.2) is 5.96 Å². The zero-order valence-corrected chi connectivity index (χ0v) is 22.6. The third kappa shape index (κ3) is 9.37. The summed E-state index contributed by atoms with van der Waals surface area (Å²) >= 11 is 0. The second-order valence-electron chi connectivity index (χ2n) is 9.00. The topological polar surface area (TPSA) is 37.4 Å². The van der Waals surface area contributed by atoms with Gasteiger partial charge in [-0.2, -0.15) is 0 Å². The van der Waals surface area contributed by atoms with E-state index >= 15 is 0 Å². The predicted octanol–water partition coefficient (Wildman–Crippen LogP) is 2.78. The van der Waals surface area contributed by atoms with Crippen LogP contribution in [0.4, 0.5) is 0 Å². The average molecular weight is 555 g/mol. The van der Waals surface area contributed by atoms with Crippen molar-refractivity contribution in [1.29, 1.82) is 0 Å². The normalized spacial score (nSPS) is 20.3. The first kappa shape index (κ1) is 27.1. The second kappa shape index (κ2) is 14.9. The molecule has 2 saturated heterocycles. The maximum atomic E-state index is 5.01. The number of piperazine rings is 2. The van der Waals surface area contributed by atoms with Crippen molar-refractivity contribution >= 4 is 36.0 Å². The molecule has 0 radical (unpaired) electrons. The van der Waals surface area contributed by atoms with E-state index in [4.69, 9.17) is 4.99 Å². The molecule has 3 rings (SSSR count). The lowest BCUT2D eigenvalue weighted by molar-refractivity contribution is 0.140. The highest BCUT2D eigenvalue weighted by Gasteiger charge is 2.20. The fourth-order valence-electron chi connectivity index (χ4n) is 4.24. The second-order valence-corrected chi connectivity index (χ2v) is 9.00. The van der Waals surface area contributed by atoms with Crippen LogP contribution in [0, 0.1) is 5.92 Å². The standard InChI is InChI=1S/C25H42N6.HI/c1-4-26-25(27-21-23(2)22-30-15-13-28(3)14-16-30)31-19-17-29(18-20-31)12-8-11-24-9-6-5-7-10-24;/h5-11,23H,4,12-22H2,1-3H3,(H,26,27);1H/b11-8+;. The minimum Gasteiger partial charge on any atom is -0.357 e. The number of hydrogen-bond donors (Lipinski definition) is 1. The Morgan fingerprint density at radius 1 is 1.00 bits per heavy atom. The highest BCUT2D eigenvalue weighted by molar-refractivity contribution is 14.0. The van der Waals surface area contributed by atoms with Gasteiger partial charge in [-0.3, -0.25) is 9.89 Å². The van der Waals surface area contributed by atoms with E-state index in [1.807, 2.05) is 0 Å². The van der Waals surface area contributed by atoms with Crippen molar-refractivity contribution in [3.05, 3.63) is 42.0 Å². The van der Waals surface area contributed by atoms with Crippen LogP contribution in [0.3, 0.4) is 0 Å². The Balaban J connectivity index is 0.00000363. The van der Waals surface area contributed by atoms with Gasteiger partial charge in [-0.1, -0.05) is 49.4 Å². The van der Waals surface area contributed by atoms with E-state index in [9.17, 15) is 0 Å². The Hall–Kier alpha value is -1.16. The third-order valence-corrected chi connectivity index (χ3v) is 6.20. The van der Waals surface area contributed by atoms with Crippen molar-refractivity contribution in [3.63, 3.8) is 0 Å². The molecule has 0 spiro atoms. The number of rotatable bonds is 8. The third-order valence-electron chi connectivity index (χ3n) is 6.20. The summed E-state index contributed by atoms with van der Waals surface area (Å²) in [5.74, 6) is 1.67. The summed E-state index contributed by atoms with van der Waals surface area (Å²) < 4.78 is 0. The van der Waals surface area contributed by atoms with Crippen LogP contribution in [0.5, 0.6) is 0 Å². The van der Waals surface area contributed by atoms with Gasteiger partial charge in [-0.15, -0.1) is 24.0 Å². The van der Waals surface area contributed by atoms with Crippen molar-refractivity contribution < 1.29 is 0 Å². The maximum Gasteiger partial charge on any atom is 0.194 e. The number of likely N-dealkylation sites (N-methyl/N-ethyl adjacent to an activating group) is 1. The number of nitrogens with one attached hydrogen (secondary N) is 1. The van der Waals surface area contributed by atoms with E-state index < -0.39 is 0 Å². The van der Waals surface area contributed by atoms with E-state index in [0.717, 1.165) is 58.3 Å². The largest absolute Gasteiger partial charge is 0.357 e. The Labute approximate surface area is 212 Å². The van der Waals surface area contributed by atoms with Gasteiger partial charge < -0.3 is 20.0 Å². The summed E-state index contributed by atoms with van der Waals surface area (Å²) in [6.07, 6.45) is 4.50. The van der Waals surface area contributed by atoms with E-state index in [-0.39, 0.29) is 24.0 Å². The maximum absolute atomic E-state index is 5.01. The first-order chi connectivity index (χ1) is 15.1. The summed E-state index contributed by atoms with van der Waals surface area (Å²) in [7, 11) is 2.22. The van der Waals surface area contributed by atoms with Crippen molar-refractivity contribution in [2.24, 2.45) is 10.9 Å². The van der Waals surface area contributed by atoms with Gasteiger partial charge in [0.05, 0.1) is 0 Å². The number of nitrogens with zero attached hydrogens (tertiary/aromatic N) is 5. The molecule has 2 heterocycles. The number of guanidine groups is 1. The molecule has 32 heavy (non-hydrogen) atoms. The lowest BCUT2D eigenvalue weighted by Gasteiger charge is -2.36. The van der Waals surface area contributed by atoms with Crippen LogP contribution in [-0.4, -0.2) is 111 Å². The average Bonchev–Trinajstić information content (AvgIpc) is 2.79. The van der Waals surface area contributed by atoms with Gasteiger partial charge >= 0.3 is 0 Å². The van der Waals surface area contributed by atoms with Crippen LogP contribution in [0.25, 0.3) is 6.08 Å². The minimum atomic E-state index is 0. The Bertz CT molecular complexity index is 679. The van der Waals surface area contributed by atoms with E-state index in [0.29, 0.717) is 5.92 Å². The Morgan fingerprint density at radius 3 is 2.31 bits per heavy atom. The molecule has 0 bridgehead atoms. The molecule has 180 valence electrons. The fourth-order valence-corrected chi connectivity index (χ4v) is 4.24. The molecule has 2 aliphatic heterocycles. The number of hydrogen-bond acceptors (Lipinski definition) is 4. The van der Waals surface area contributed by atoms with Crippen LogP contribution < -0.4 is 5.32 Å². The highest BCUT2D eigenvalue weighted by Crippen LogP contribution is 2.08. The van der Waals surface area contributed by atoms with Gasteiger partial charge in [0.1, 0.15) is 0 Å². The summed E-state index contributed by atoms with van der Waals surface area (Å²) in [6, 6.07) is 10.5. The molecule has 0 saturated carbocycles. The van der Waals surface area contributed by atoms with Crippen LogP contribution in [0.15, 0.2) is 41.4 Å². The Morgan fingerprint density at radius 2 is 1.66 bits per heavy atom. The lowest BCUT2D eigenvalue weighted by atomic mass is 10.1. The molecule has 2 fully saturated rings. The van der Waals surface area contributed by atoms with Crippen LogP contribution >= 0.6 is 24.0 Å². The van der Waals surface area contributed by atoms with Crippen molar-refractivity contribution in [1.82, 2.24) is 24.9 Å². The summed E-state index contributed by atoms with van der Waals surface area (Å²) in [5.41, 5.74) is 1.27. The van der Waals surface area contributed by atoms with Crippen molar-refractivity contribution in [3.8, 4) is 0 Å². The number of benzene rings is 1. The lowest BCUT2D eigenvalue weighted by Crippen LogP contribution is -2.52. The van der Waals surface area contributed by atoms with Crippen LogP contribution in [-0.2, 0) is 0 Å². The molecule has 2 aliphatic rings. The van der Waals surface area contributed by atoms with E-state index in [2.05, 4.69) is 88.3 Å². The molecule has 1 unspecified atom stereocenters. The van der Waals surface area contributed by atoms with Gasteiger partial charge in [-0.25, -0.2) is 0 Å². The van der Waals surface area contributed by atoms with Gasteiger partial charge in [0, 0.05) is 78.5 Å². The molecule has 0 aliphatic carbocycles. The highest BCUT2D eigenvalue weighted by atomic mass is 127. The molecule has 7 heteroatoms. The molecule has 1 aromatic rings. The molecule has 0 amide bonds. The van der Waals surface area contributed by atoms with E-state index in [1.54, 1.807) is 0 Å². The van der Waals surface area contributed by atoms with Gasteiger partial charge in [0.25, 0.3) is 0 Å². The quantitative estimate of drug-likeness (QED) is 0.304. The molecule has 1 aromatic carbocycles. The number of aliphatic imine (C=N–C) groups is 1. The van der Waals surface area contributed by atoms with Crippen molar-refractivity contribution in [2.75, 3.05) is 85.6 Å². The monoisotopic (exact) mass is 554 g/mol. The van der Waals surface area contributed by atoms with Crippen LogP contribution in [0.2, 0.25) is 0 Å². The van der Waals surface area contributed by atoms with Crippen LogP contribution in [0.1, 0.15) is 19.4 Å². The zero-order valence-electron chi connectivity index (χ0n) is 20.2. The fraction of sp³-hybridized carbons (Fsp3) is 0.640. The molecule has 1 N–H and O–H groups in total. The molecular formula is C25H43IN6. The van der Waals surface area contributed by atoms with E-state index in [1.165, 1.54) is 31.7 Å². The Kier molecular flexibility index (Phi) is 12.6. The van der Waals surface area contributed by atoms with Gasteiger partial charge in [-0.05, 0) is 25.5 Å². The van der Waals surface area contributed by atoms with Gasteiger partial charge in [0.2, 0.25) is 0 Å². The first-order valence-electron chi connectivity index (χ1n) is 12.0. The summed E-state index contributed by atoms with van der Waals surface area (Å²) in [6.45, 7) is 17.5. The minimum absolute atomic E-state index is 0. The van der Waals surface area contributed by atoms with Crippen molar-refractivity contribution in [2.45, 2.75) is 13.8 Å². The molecule has 6 nitrogen and oxygen atoms in total. The molecule has 0 aromatic heterocycles. The number of halogens is 1. The zero-order chi connectivity index (χ0) is 21.9. The summed E-state index contributed by atoms with van der Waals surface area (Å²) in [4.78, 5) is 15.0.